The quantitative estimate of drug-likeness (QED) is 0.552. The maximum absolute atomic E-state index is 15.8. The van der Waals surface area contributed by atoms with Gasteiger partial charge in [-0.1, -0.05) is 36.4 Å². The Balaban J connectivity index is 1.78. The molecular formula is C23H22FN3O6S. The molecule has 9 nitrogen and oxygen atoms in total. The minimum atomic E-state index is -4.31. The van der Waals surface area contributed by atoms with Gasteiger partial charge in [0.15, 0.2) is 5.82 Å². The lowest BCUT2D eigenvalue weighted by atomic mass is 10.1. The SMILES string of the molecule is CC(C)NC(=O)Oc1ccc2cc(OCc3ccccc3)c(N3CC(=O)NS3(=O)=O)c(F)c2c1. The van der Waals surface area contributed by atoms with Gasteiger partial charge in [-0.25, -0.2) is 18.2 Å². The van der Waals surface area contributed by atoms with Crippen molar-refractivity contribution in [3.05, 3.63) is 66.0 Å². The summed E-state index contributed by atoms with van der Waals surface area (Å²) in [6, 6.07) is 14.7. The molecule has 0 aliphatic carbocycles. The third-order valence-electron chi connectivity index (χ3n) is 4.91. The van der Waals surface area contributed by atoms with Crippen molar-refractivity contribution in [3.63, 3.8) is 0 Å². The van der Waals surface area contributed by atoms with Crippen LogP contribution in [0.15, 0.2) is 54.6 Å². The number of fused-ring (bicyclic) bond motifs is 1. The highest BCUT2D eigenvalue weighted by Crippen LogP contribution is 2.40. The van der Waals surface area contributed by atoms with E-state index in [-0.39, 0.29) is 29.5 Å². The summed E-state index contributed by atoms with van der Waals surface area (Å²) in [5.41, 5.74) is 0.373. The van der Waals surface area contributed by atoms with Crippen LogP contribution >= 0.6 is 0 Å². The number of anilines is 1. The molecule has 0 unspecified atom stereocenters. The van der Waals surface area contributed by atoms with Crippen LogP contribution in [0.5, 0.6) is 11.5 Å². The van der Waals surface area contributed by atoms with Gasteiger partial charge in [-0.2, -0.15) is 8.42 Å². The van der Waals surface area contributed by atoms with E-state index in [2.05, 4.69) is 5.32 Å². The average molecular weight is 488 g/mol. The van der Waals surface area contributed by atoms with E-state index in [0.717, 1.165) is 5.56 Å². The van der Waals surface area contributed by atoms with Crippen molar-refractivity contribution in [2.24, 2.45) is 0 Å². The van der Waals surface area contributed by atoms with E-state index in [9.17, 15) is 18.0 Å². The molecule has 1 fully saturated rings. The van der Waals surface area contributed by atoms with Gasteiger partial charge in [-0.3, -0.25) is 4.79 Å². The van der Waals surface area contributed by atoms with E-state index in [1.54, 1.807) is 26.0 Å². The number of halogens is 1. The minimum absolute atomic E-state index is 0.00791. The molecule has 0 atom stereocenters. The molecule has 4 rings (SSSR count). The van der Waals surface area contributed by atoms with Crippen molar-refractivity contribution in [1.82, 2.24) is 10.0 Å². The molecule has 3 aromatic carbocycles. The summed E-state index contributed by atoms with van der Waals surface area (Å²) in [5, 5.41) is 2.94. The molecule has 0 bridgehead atoms. The normalized spacial score (nSPS) is 14.8. The topological polar surface area (TPSA) is 114 Å². The van der Waals surface area contributed by atoms with Crippen LogP contribution in [0.3, 0.4) is 0 Å². The molecule has 3 aromatic rings. The van der Waals surface area contributed by atoms with Gasteiger partial charge in [0.05, 0.1) is 0 Å². The molecular weight excluding hydrogens is 465 g/mol. The van der Waals surface area contributed by atoms with Gasteiger partial charge in [0.25, 0.3) is 5.91 Å². The lowest BCUT2D eigenvalue weighted by molar-refractivity contribution is -0.117. The van der Waals surface area contributed by atoms with Gasteiger partial charge < -0.3 is 14.8 Å². The number of hydrogen-bond acceptors (Lipinski definition) is 6. The predicted octanol–water partition coefficient (Wildman–Crippen LogP) is 3.24. The van der Waals surface area contributed by atoms with Crippen molar-refractivity contribution >= 4 is 38.7 Å². The number of nitrogens with zero attached hydrogens (tertiary/aromatic N) is 1. The summed E-state index contributed by atoms with van der Waals surface area (Å²) < 4.78 is 54.3. The van der Waals surface area contributed by atoms with Crippen LogP contribution in [0.2, 0.25) is 0 Å². The molecule has 1 aliphatic rings. The number of rotatable bonds is 6. The van der Waals surface area contributed by atoms with Crippen LogP contribution in [0, 0.1) is 5.82 Å². The molecule has 2 amide bonds. The van der Waals surface area contributed by atoms with E-state index in [1.165, 1.54) is 24.3 Å². The highest BCUT2D eigenvalue weighted by Gasteiger charge is 2.38. The zero-order chi connectivity index (χ0) is 24.5. The molecule has 11 heteroatoms. The average Bonchev–Trinajstić information content (AvgIpc) is 3.04. The van der Waals surface area contributed by atoms with Crippen LogP contribution < -0.4 is 23.8 Å². The summed E-state index contributed by atoms with van der Waals surface area (Å²) in [6.45, 7) is 2.97. The fourth-order valence-electron chi connectivity index (χ4n) is 3.46. The summed E-state index contributed by atoms with van der Waals surface area (Å²) in [6.07, 6.45) is -0.713. The van der Waals surface area contributed by atoms with Crippen LogP contribution in [-0.2, 0) is 21.6 Å². The van der Waals surface area contributed by atoms with Crippen LogP contribution in [-0.4, -0.2) is 33.0 Å². The molecule has 1 heterocycles. The van der Waals surface area contributed by atoms with E-state index in [1.807, 2.05) is 22.9 Å². The maximum atomic E-state index is 15.8. The maximum Gasteiger partial charge on any atom is 0.412 e. The Kier molecular flexibility index (Phi) is 6.29. The first kappa shape index (κ1) is 23.3. The van der Waals surface area contributed by atoms with Gasteiger partial charge in [0.1, 0.15) is 30.3 Å². The molecule has 2 N–H and O–H groups in total. The molecule has 0 saturated carbocycles. The van der Waals surface area contributed by atoms with E-state index < -0.39 is 40.3 Å². The van der Waals surface area contributed by atoms with Crippen molar-refractivity contribution in [1.29, 1.82) is 0 Å². The van der Waals surface area contributed by atoms with Gasteiger partial charge in [0, 0.05) is 11.4 Å². The smallest absolute Gasteiger partial charge is 0.412 e. The van der Waals surface area contributed by atoms with E-state index in [0.29, 0.717) is 9.69 Å². The van der Waals surface area contributed by atoms with Gasteiger partial charge in [-0.15, -0.1) is 0 Å². The number of nitrogens with one attached hydrogen (secondary N) is 2. The van der Waals surface area contributed by atoms with Crippen LogP contribution in [0.25, 0.3) is 10.8 Å². The van der Waals surface area contributed by atoms with Crippen molar-refractivity contribution in [2.75, 3.05) is 10.8 Å². The Morgan fingerprint density at radius 3 is 2.56 bits per heavy atom. The standard InChI is InChI=1S/C23H22FN3O6S/c1-14(2)25-23(29)33-17-9-8-16-10-19(32-13-15-6-4-3-5-7-15)22(21(24)18(16)11-17)27-12-20(28)26-34(27,30)31/h3-11,14H,12-13H2,1-2H3,(H,25,29)(H,26,28). The Morgan fingerprint density at radius 2 is 1.91 bits per heavy atom. The Bertz CT molecular complexity index is 1360. The summed E-state index contributed by atoms with van der Waals surface area (Å²) >= 11 is 0. The van der Waals surface area contributed by atoms with Gasteiger partial charge in [-0.05, 0) is 43.0 Å². The largest absolute Gasteiger partial charge is 0.487 e. The van der Waals surface area contributed by atoms with Gasteiger partial charge >= 0.3 is 16.3 Å². The second-order valence-corrected chi connectivity index (χ2v) is 9.52. The molecule has 0 radical (unpaired) electrons. The predicted molar refractivity (Wildman–Crippen MR) is 123 cm³/mol. The molecule has 0 aromatic heterocycles. The lowest BCUT2D eigenvalue weighted by Gasteiger charge is -2.21. The van der Waals surface area contributed by atoms with E-state index in [4.69, 9.17) is 9.47 Å². The van der Waals surface area contributed by atoms with E-state index >= 15 is 4.39 Å². The Hall–Kier alpha value is -3.86. The number of amides is 2. The second-order valence-electron chi connectivity index (χ2n) is 7.92. The fourth-order valence-corrected chi connectivity index (χ4v) is 4.62. The lowest BCUT2D eigenvalue weighted by Crippen LogP contribution is -2.32. The molecule has 34 heavy (non-hydrogen) atoms. The highest BCUT2D eigenvalue weighted by molar-refractivity contribution is 7.92. The van der Waals surface area contributed by atoms with Crippen LogP contribution in [0.1, 0.15) is 19.4 Å². The Labute approximate surface area is 195 Å². The summed E-state index contributed by atoms with van der Waals surface area (Å²) in [4.78, 5) is 23.7. The number of carbonyl (C=O) groups is 2. The monoisotopic (exact) mass is 487 g/mol. The highest BCUT2D eigenvalue weighted by atomic mass is 32.2. The molecule has 178 valence electrons. The molecule has 0 spiro atoms. The van der Waals surface area contributed by atoms with Gasteiger partial charge in [0.2, 0.25) is 0 Å². The minimum Gasteiger partial charge on any atom is -0.487 e. The first-order valence-electron chi connectivity index (χ1n) is 10.4. The van der Waals surface area contributed by atoms with Crippen LogP contribution in [0.4, 0.5) is 14.9 Å². The fraction of sp³-hybridized carbons (Fsp3) is 0.217. The summed E-state index contributed by atoms with van der Waals surface area (Å²) in [5.74, 6) is -1.72. The number of carbonyl (C=O) groups excluding carboxylic acids is 2. The zero-order valence-electron chi connectivity index (χ0n) is 18.4. The molecule has 1 aliphatic heterocycles. The third-order valence-corrected chi connectivity index (χ3v) is 6.29. The number of hydrogen-bond donors (Lipinski definition) is 2. The number of benzene rings is 3. The van der Waals surface area contributed by atoms with Crippen molar-refractivity contribution in [2.45, 2.75) is 26.5 Å². The number of ether oxygens (including phenoxy) is 2. The molecule has 1 saturated heterocycles. The first-order chi connectivity index (χ1) is 16.1. The zero-order valence-corrected chi connectivity index (χ0v) is 19.2. The second kappa shape index (κ2) is 9.18. The van der Waals surface area contributed by atoms with Crippen molar-refractivity contribution < 1.29 is 31.9 Å². The Morgan fingerprint density at radius 1 is 1.18 bits per heavy atom. The summed E-state index contributed by atoms with van der Waals surface area (Å²) in [7, 11) is -4.31. The third kappa shape index (κ3) is 4.88. The first-order valence-corrected chi connectivity index (χ1v) is 11.8. The van der Waals surface area contributed by atoms with Crippen molar-refractivity contribution in [3.8, 4) is 11.5 Å².